The van der Waals surface area contributed by atoms with Crippen molar-refractivity contribution >= 4 is 5.91 Å². The van der Waals surface area contributed by atoms with Crippen molar-refractivity contribution in [3.63, 3.8) is 0 Å². The lowest BCUT2D eigenvalue weighted by molar-refractivity contribution is -0.144. The fraction of sp³-hybridized carbons (Fsp3) is 0.500. The van der Waals surface area contributed by atoms with E-state index < -0.39 is 0 Å². The number of hydrogen-bond acceptors (Lipinski definition) is 3. The smallest absolute Gasteiger partial charge is 0.224 e. The fourth-order valence-corrected chi connectivity index (χ4v) is 2.30. The maximum atomic E-state index is 12.9. The second kappa shape index (κ2) is 6.12. The van der Waals surface area contributed by atoms with Crippen molar-refractivity contribution in [1.29, 1.82) is 0 Å². The Kier molecular flexibility index (Phi) is 4.50. The molecule has 2 atom stereocenters. The number of halogens is 1. The highest BCUT2D eigenvalue weighted by Gasteiger charge is 2.28. The highest BCUT2D eigenvalue weighted by Crippen LogP contribution is 2.25. The first-order chi connectivity index (χ1) is 9.10. The largest absolute Gasteiger partial charge is 0.367 e. The van der Waals surface area contributed by atoms with E-state index in [1.807, 2.05) is 6.92 Å². The van der Waals surface area contributed by atoms with Gasteiger partial charge in [0.1, 0.15) is 11.9 Å². The van der Waals surface area contributed by atoms with E-state index in [0.29, 0.717) is 26.1 Å². The van der Waals surface area contributed by atoms with Crippen LogP contribution < -0.4 is 5.73 Å². The number of amides is 1. The molecule has 104 valence electrons. The first kappa shape index (κ1) is 14.0. The molecular weight excluding hydrogens is 247 g/mol. The Morgan fingerprint density at radius 3 is 2.74 bits per heavy atom. The van der Waals surface area contributed by atoms with Gasteiger partial charge < -0.3 is 15.4 Å². The molecule has 0 spiro atoms. The molecule has 0 aromatic heterocycles. The van der Waals surface area contributed by atoms with E-state index in [2.05, 4.69) is 0 Å². The van der Waals surface area contributed by atoms with Crippen molar-refractivity contribution in [1.82, 2.24) is 4.90 Å². The van der Waals surface area contributed by atoms with E-state index in [9.17, 15) is 9.18 Å². The molecule has 4 nitrogen and oxygen atoms in total. The van der Waals surface area contributed by atoms with Crippen molar-refractivity contribution in [2.24, 2.45) is 5.73 Å². The maximum absolute atomic E-state index is 12.9. The van der Waals surface area contributed by atoms with Crippen LogP contribution in [0.4, 0.5) is 4.39 Å². The molecule has 0 aliphatic carbocycles. The standard InChI is InChI=1S/C14H19FN2O2/c1-10-8-17(14(18)6-7-16)9-13(19-10)11-2-4-12(15)5-3-11/h2-5,10,13H,6-9,16H2,1H3/t10-,13-/m0/s1. The SMILES string of the molecule is C[C@H]1CN(C(=O)CCN)C[C@@H](c2ccc(F)cc2)O1. The Hall–Kier alpha value is -1.46. The van der Waals surface area contributed by atoms with Gasteiger partial charge in [0, 0.05) is 19.5 Å². The van der Waals surface area contributed by atoms with E-state index in [0.717, 1.165) is 5.56 Å². The second-order valence-electron chi connectivity index (χ2n) is 4.82. The summed E-state index contributed by atoms with van der Waals surface area (Å²) in [5.74, 6) is -0.228. The average Bonchev–Trinajstić information content (AvgIpc) is 2.39. The van der Waals surface area contributed by atoms with Crippen LogP contribution in [-0.2, 0) is 9.53 Å². The third-order valence-electron chi connectivity index (χ3n) is 3.21. The summed E-state index contributed by atoms with van der Waals surface area (Å²) in [4.78, 5) is 13.7. The van der Waals surface area contributed by atoms with Crippen molar-refractivity contribution in [3.8, 4) is 0 Å². The maximum Gasteiger partial charge on any atom is 0.224 e. The number of carbonyl (C=O) groups excluding carboxylic acids is 1. The predicted octanol–water partition coefficient (Wildman–Crippen LogP) is 1.46. The Bertz CT molecular complexity index is 436. The summed E-state index contributed by atoms with van der Waals surface area (Å²) < 4.78 is 18.7. The third kappa shape index (κ3) is 3.52. The molecule has 1 amide bonds. The first-order valence-electron chi connectivity index (χ1n) is 6.49. The predicted molar refractivity (Wildman–Crippen MR) is 69.9 cm³/mol. The number of rotatable bonds is 3. The van der Waals surface area contributed by atoms with Crippen LogP contribution in [0.25, 0.3) is 0 Å². The lowest BCUT2D eigenvalue weighted by Gasteiger charge is -2.37. The molecule has 1 aliphatic heterocycles. The minimum atomic E-state index is -0.274. The van der Waals surface area contributed by atoms with Gasteiger partial charge in [0.15, 0.2) is 0 Å². The summed E-state index contributed by atoms with van der Waals surface area (Å²) in [6.07, 6.45) is 0.111. The minimum absolute atomic E-state index is 0.0365. The number of morpholine rings is 1. The fourth-order valence-electron chi connectivity index (χ4n) is 2.30. The van der Waals surface area contributed by atoms with Crippen molar-refractivity contribution in [2.75, 3.05) is 19.6 Å². The molecule has 1 aliphatic rings. The van der Waals surface area contributed by atoms with E-state index in [1.165, 1.54) is 12.1 Å². The molecule has 1 fully saturated rings. The van der Waals surface area contributed by atoms with Gasteiger partial charge in [-0.2, -0.15) is 0 Å². The van der Waals surface area contributed by atoms with Crippen LogP contribution in [0.3, 0.4) is 0 Å². The summed E-state index contributed by atoms with van der Waals surface area (Å²) in [5.41, 5.74) is 6.30. The van der Waals surface area contributed by atoms with E-state index in [-0.39, 0.29) is 23.9 Å². The molecule has 0 unspecified atom stereocenters. The number of nitrogens with zero attached hydrogens (tertiary/aromatic N) is 1. The highest BCUT2D eigenvalue weighted by atomic mass is 19.1. The zero-order chi connectivity index (χ0) is 13.8. The van der Waals surface area contributed by atoms with Crippen LogP contribution in [0.1, 0.15) is 25.0 Å². The van der Waals surface area contributed by atoms with Gasteiger partial charge in [0.2, 0.25) is 5.91 Å². The molecular formula is C14H19FN2O2. The molecule has 0 radical (unpaired) electrons. The average molecular weight is 266 g/mol. The van der Waals surface area contributed by atoms with Crippen molar-refractivity contribution < 1.29 is 13.9 Å². The van der Waals surface area contributed by atoms with Gasteiger partial charge in [-0.3, -0.25) is 4.79 Å². The van der Waals surface area contributed by atoms with Gasteiger partial charge in [-0.05, 0) is 24.6 Å². The normalized spacial score (nSPS) is 23.4. The Balaban J connectivity index is 2.09. The van der Waals surface area contributed by atoms with Crippen LogP contribution in [0.2, 0.25) is 0 Å². The summed E-state index contributed by atoms with van der Waals surface area (Å²) in [6, 6.07) is 6.21. The Labute approximate surface area is 112 Å². The second-order valence-corrected chi connectivity index (χ2v) is 4.82. The number of benzene rings is 1. The molecule has 2 N–H and O–H groups in total. The summed E-state index contributed by atoms with van der Waals surface area (Å²) in [7, 11) is 0. The quantitative estimate of drug-likeness (QED) is 0.901. The first-order valence-corrected chi connectivity index (χ1v) is 6.49. The number of ether oxygens (including phenoxy) is 1. The van der Waals surface area contributed by atoms with Gasteiger partial charge in [0.25, 0.3) is 0 Å². The number of carbonyl (C=O) groups is 1. The van der Waals surface area contributed by atoms with Crippen LogP contribution in [0, 0.1) is 5.82 Å². The van der Waals surface area contributed by atoms with E-state index in [1.54, 1.807) is 17.0 Å². The summed E-state index contributed by atoms with van der Waals surface area (Å²) >= 11 is 0. The monoisotopic (exact) mass is 266 g/mol. The summed E-state index contributed by atoms with van der Waals surface area (Å²) in [6.45, 7) is 3.36. The van der Waals surface area contributed by atoms with Crippen LogP contribution in [0.15, 0.2) is 24.3 Å². The molecule has 2 rings (SSSR count). The summed E-state index contributed by atoms with van der Waals surface area (Å²) in [5, 5.41) is 0. The lowest BCUT2D eigenvalue weighted by atomic mass is 10.1. The topological polar surface area (TPSA) is 55.6 Å². The Morgan fingerprint density at radius 2 is 2.11 bits per heavy atom. The molecule has 1 saturated heterocycles. The highest BCUT2D eigenvalue weighted by molar-refractivity contribution is 5.76. The van der Waals surface area contributed by atoms with Crippen LogP contribution in [-0.4, -0.2) is 36.5 Å². The number of nitrogens with two attached hydrogens (primary N) is 1. The van der Waals surface area contributed by atoms with E-state index >= 15 is 0 Å². The van der Waals surface area contributed by atoms with Crippen molar-refractivity contribution in [3.05, 3.63) is 35.6 Å². The molecule has 1 aromatic carbocycles. The molecule has 1 heterocycles. The lowest BCUT2D eigenvalue weighted by Crippen LogP contribution is -2.46. The van der Waals surface area contributed by atoms with Crippen LogP contribution in [0.5, 0.6) is 0 Å². The Morgan fingerprint density at radius 1 is 1.42 bits per heavy atom. The zero-order valence-electron chi connectivity index (χ0n) is 11.0. The number of hydrogen-bond donors (Lipinski definition) is 1. The minimum Gasteiger partial charge on any atom is -0.367 e. The molecule has 5 heteroatoms. The van der Waals surface area contributed by atoms with Gasteiger partial charge in [-0.15, -0.1) is 0 Å². The molecule has 1 aromatic rings. The van der Waals surface area contributed by atoms with Gasteiger partial charge in [-0.25, -0.2) is 4.39 Å². The zero-order valence-corrected chi connectivity index (χ0v) is 11.0. The molecule has 0 saturated carbocycles. The van der Waals surface area contributed by atoms with Crippen LogP contribution >= 0.6 is 0 Å². The third-order valence-corrected chi connectivity index (χ3v) is 3.21. The van der Waals surface area contributed by atoms with Gasteiger partial charge in [0.05, 0.1) is 12.6 Å². The van der Waals surface area contributed by atoms with Crippen molar-refractivity contribution in [2.45, 2.75) is 25.6 Å². The van der Waals surface area contributed by atoms with Gasteiger partial charge >= 0.3 is 0 Å². The molecule has 19 heavy (non-hydrogen) atoms. The van der Waals surface area contributed by atoms with E-state index in [4.69, 9.17) is 10.5 Å². The van der Waals surface area contributed by atoms with Gasteiger partial charge in [-0.1, -0.05) is 12.1 Å². The molecule has 0 bridgehead atoms.